The minimum absolute atomic E-state index is 0.107. The van der Waals surface area contributed by atoms with E-state index in [4.69, 9.17) is 9.47 Å². The quantitative estimate of drug-likeness (QED) is 0.660. The van der Waals surface area contributed by atoms with Crippen LogP contribution in [0.15, 0.2) is 11.5 Å². The molecule has 0 aromatic carbocycles. The summed E-state index contributed by atoms with van der Waals surface area (Å²) in [6, 6.07) is 0. The van der Waals surface area contributed by atoms with Crippen molar-refractivity contribution in [2.24, 2.45) is 5.92 Å². The molecule has 0 radical (unpaired) electrons. The van der Waals surface area contributed by atoms with Gasteiger partial charge in [0.25, 0.3) is 5.91 Å². The zero-order valence-corrected chi connectivity index (χ0v) is 17.0. The van der Waals surface area contributed by atoms with Gasteiger partial charge in [-0.05, 0) is 31.7 Å². The van der Waals surface area contributed by atoms with Gasteiger partial charge in [0, 0.05) is 16.2 Å². The zero-order chi connectivity index (χ0) is 20.3. The first kappa shape index (κ1) is 20.5. The number of ether oxygens (including phenoxy) is 2. The van der Waals surface area contributed by atoms with Gasteiger partial charge in [0.1, 0.15) is 5.00 Å². The second-order valence-corrected chi connectivity index (χ2v) is 9.65. The summed E-state index contributed by atoms with van der Waals surface area (Å²) >= 11 is 1.34. The van der Waals surface area contributed by atoms with Crippen molar-refractivity contribution >= 4 is 44.0 Å². The Morgan fingerprint density at radius 3 is 2.71 bits per heavy atom. The number of hydrogen-bond donors (Lipinski definition) is 1. The summed E-state index contributed by atoms with van der Waals surface area (Å²) in [6.07, 6.45) is 3.93. The van der Waals surface area contributed by atoms with Gasteiger partial charge in [0.15, 0.2) is 16.4 Å². The number of allylic oxidation sites excluding steroid dienone is 1. The Kier molecular flexibility index (Phi) is 6.19. The number of carbonyl (C=O) groups excluding carboxylic acids is 3. The molecule has 2 heterocycles. The van der Waals surface area contributed by atoms with Crippen molar-refractivity contribution in [1.82, 2.24) is 0 Å². The van der Waals surface area contributed by atoms with Crippen molar-refractivity contribution in [1.29, 1.82) is 0 Å². The van der Waals surface area contributed by atoms with Crippen molar-refractivity contribution < 1.29 is 32.3 Å². The van der Waals surface area contributed by atoms with Crippen LogP contribution in [0.3, 0.4) is 0 Å². The van der Waals surface area contributed by atoms with Crippen LogP contribution in [0.2, 0.25) is 0 Å². The maximum Gasteiger partial charge on any atom is 0.341 e. The second kappa shape index (κ2) is 8.44. The predicted molar refractivity (Wildman–Crippen MR) is 103 cm³/mol. The average Bonchev–Trinajstić information content (AvgIpc) is 3.27. The van der Waals surface area contributed by atoms with Crippen LogP contribution in [0, 0.1) is 5.92 Å². The molecule has 0 saturated heterocycles. The van der Waals surface area contributed by atoms with Crippen LogP contribution in [0.1, 0.15) is 40.6 Å². The van der Waals surface area contributed by atoms with E-state index in [1.165, 1.54) is 17.4 Å². The standard InChI is InChI=1S/C18H21NO7S2/c1-2-25-18(22)16-12-4-3-5-13(12)27-17(16)19-14(20)9-26-15(21)8-11-6-7-28(23,24)10-11/h6-7,11H,2-5,8-10H2,1H3,(H,19,20). The van der Waals surface area contributed by atoms with E-state index >= 15 is 0 Å². The van der Waals surface area contributed by atoms with E-state index in [2.05, 4.69) is 5.32 Å². The number of anilines is 1. The van der Waals surface area contributed by atoms with E-state index < -0.39 is 40.2 Å². The highest BCUT2D eigenvalue weighted by Crippen LogP contribution is 2.39. The number of nitrogens with one attached hydrogen (secondary N) is 1. The lowest BCUT2D eigenvalue weighted by atomic mass is 10.1. The molecule has 2 aliphatic rings. The van der Waals surface area contributed by atoms with Gasteiger partial charge in [-0.15, -0.1) is 11.3 Å². The van der Waals surface area contributed by atoms with E-state index in [1.807, 2.05) is 0 Å². The summed E-state index contributed by atoms with van der Waals surface area (Å²) in [4.78, 5) is 37.3. The average molecular weight is 428 g/mol. The molecular weight excluding hydrogens is 406 g/mol. The van der Waals surface area contributed by atoms with Crippen molar-refractivity contribution in [2.45, 2.75) is 32.6 Å². The molecule has 1 aliphatic heterocycles. The SMILES string of the molecule is CCOC(=O)c1c(NC(=O)COC(=O)CC2C=CS(=O)(=O)C2)sc2c1CCC2. The third-order valence-electron chi connectivity index (χ3n) is 4.45. The van der Waals surface area contributed by atoms with Crippen LogP contribution in [0.5, 0.6) is 0 Å². The smallest absolute Gasteiger partial charge is 0.341 e. The van der Waals surface area contributed by atoms with Crippen LogP contribution >= 0.6 is 11.3 Å². The summed E-state index contributed by atoms with van der Waals surface area (Å²) in [5.41, 5.74) is 1.31. The van der Waals surface area contributed by atoms with E-state index in [9.17, 15) is 22.8 Å². The van der Waals surface area contributed by atoms with Crippen LogP contribution in [0.4, 0.5) is 5.00 Å². The summed E-state index contributed by atoms with van der Waals surface area (Å²) in [5.74, 6) is -2.24. The lowest BCUT2D eigenvalue weighted by Gasteiger charge is -2.09. The van der Waals surface area contributed by atoms with Crippen LogP contribution in [0.25, 0.3) is 0 Å². The fourth-order valence-corrected chi connectivity index (χ4v) is 5.95. The largest absolute Gasteiger partial charge is 0.462 e. The Bertz CT molecular complexity index is 930. The Balaban J connectivity index is 1.56. The number of amides is 1. The number of fused-ring (bicyclic) bond motifs is 1. The van der Waals surface area contributed by atoms with Gasteiger partial charge < -0.3 is 14.8 Å². The molecule has 3 rings (SSSR count). The third-order valence-corrected chi connectivity index (χ3v) is 7.12. The predicted octanol–water partition coefficient (Wildman–Crippen LogP) is 1.84. The number of carbonyl (C=O) groups is 3. The molecule has 8 nitrogen and oxygen atoms in total. The highest BCUT2D eigenvalue weighted by Gasteiger charge is 2.29. The van der Waals surface area contributed by atoms with Gasteiger partial charge in [0.05, 0.1) is 24.3 Å². The molecule has 152 valence electrons. The van der Waals surface area contributed by atoms with Gasteiger partial charge in [0.2, 0.25) is 0 Å². The van der Waals surface area contributed by atoms with E-state index in [-0.39, 0.29) is 18.8 Å². The van der Waals surface area contributed by atoms with Crippen LogP contribution in [-0.2, 0) is 41.7 Å². The molecule has 0 bridgehead atoms. The summed E-state index contributed by atoms with van der Waals surface area (Å²) in [6.45, 7) is 1.44. The van der Waals surface area contributed by atoms with E-state index in [0.717, 1.165) is 35.1 Å². The van der Waals surface area contributed by atoms with Crippen LogP contribution < -0.4 is 5.32 Å². The number of esters is 2. The third kappa shape index (κ3) is 4.79. The van der Waals surface area contributed by atoms with E-state index in [0.29, 0.717) is 10.6 Å². The minimum atomic E-state index is -3.24. The minimum Gasteiger partial charge on any atom is -0.462 e. The second-order valence-electron chi connectivity index (χ2n) is 6.61. The molecule has 1 amide bonds. The first-order chi connectivity index (χ1) is 13.3. The number of hydrogen-bond acceptors (Lipinski definition) is 8. The molecule has 1 N–H and O–H groups in total. The van der Waals surface area contributed by atoms with Gasteiger partial charge >= 0.3 is 11.9 Å². The Morgan fingerprint density at radius 2 is 2.04 bits per heavy atom. The number of aryl methyl sites for hydroxylation is 1. The maximum atomic E-state index is 12.3. The normalized spacial score (nSPS) is 19.2. The van der Waals surface area contributed by atoms with E-state index in [1.54, 1.807) is 6.92 Å². The van der Waals surface area contributed by atoms with Gasteiger partial charge in [-0.3, -0.25) is 9.59 Å². The van der Waals surface area contributed by atoms with Gasteiger partial charge in [-0.25, -0.2) is 13.2 Å². The van der Waals surface area contributed by atoms with Gasteiger partial charge in [-0.2, -0.15) is 0 Å². The van der Waals surface area contributed by atoms with Crippen LogP contribution in [-0.4, -0.2) is 45.2 Å². The number of sulfone groups is 1. The summed E-state index contributed by atoms with van der Waals surface area (Å²) < 4.78 is 32.7. The van der Waals surface area contributed by atoms with Crippen molar-refractivity contribution in [3.05, 3.63) is 27.5 Å². The molecule has 28 heavy (non-hydrogen) atoms. The van der Waals surface area contributed by atoms with Gasteiger partial charge in [-0.1, -0.05) is 6.08 Å². The number of thiophene rings is 1. The Labute approximate surface area is 166 Å². The molecule has 0 fully saturated rings. The van der Waals surface area contributed by atoms with Crippen molar-refractivity contribution in [3.8, 4) is 0 Å². The monoisotopic (exact) mass is 427 g/mol. The molecule has 1 aromatic heterocycles. The fourth-order valence-electron chi connectivity index (χ4n) is 3.26. The van der Waals surface area contributed by atoms with Crippen molar-refractivity contribution in [3.63, 3.8) is 0 Å². The molecule has 10 heteroatoms. The fraction of sp³-hybridized carbons (Fsp3) is 0.500. The highest BCUT2D eigenvalue weighted by atomic mass is 32.2. The first-order valence-electron chi connectivity index (χ1n) is 8.97. The molecule has 0 spiro atoms. The van der Waals surface area contributed by atoms with Crippen molar-refractivity contribution in [2.75, 3.05) is 24.3 Å². The molecule has 1 aromatic rings. The topological polar surface area (TPSA) is 116 Å². The maximum absolute atomic E-state index is 12.3. The molecule has 0 saturated carbocycles. The Morgan fingerprint density at radius 1 is 1.25 bits per heavy atom. The highest BCUT2D eigenvalue weighted by molar-refractivity contribution is 7.94. The first-order valence-corrected chi connectivity index (χ1v) is 11.5. The molecule has 1 unspecified atom stereocenters. The summed E-state index contributed by atoms with van der Waals surface area (Å²) in [5, 5.41) is 4.13. The zero-order valence-electron chi connectivity index (χ0n) is 15.4. The summed E-state index contributed by atoms with van der Waals surface area (Å²) in [7, 11) is -3.24. The molecule has 1 atom stereocenters. The Hall–Kier alpha value is -2.20. The molecular formula is C18H21NO7S2. The lowest BCUT2D eigenvalue weighted by Crippen LogP contribution is -2.23. The number of rotatable bonds is 7. The molecule has 1 aliphatic carbocycles. The lowest BCUT2D eigenvalue weighted by molar-refractivity contribution is -0.147.